The number of ketones is 1. The highest BCUT2D eigenvalue weighted by atomic mass is 35.5. The molecular formula is C20H19ClN4O4. The summed E-state index contributed by atoms with van der Waals surface area (Å²) in [4.78, 5) is 46.1. The van der Waals surface area contributed by atoms with Crippen LogP contribution in [0.2, 0.25) is 5.15 Å². The van der Waals surface area contributed by atoms with Gasteiger partial charge < -0.3 is 4.90 Å². The van der Waals surface area contributed by atoms with Gasteiger partial charge in [-0.1, -0.05) is 41.9 Å². The third kappa shape index (κ3) is 3.27. The molecule has 1 aliphatic carbocycles. The van der Waals surface area contributed by atoms with Gasteiger partial charge in [-0.15, -0.1) is 0 Å². The quantitative estimate of drug-likeness (QED) is 0.432. The van der Waals surface area contributed by atoms with Crippen molar-refractivity contribution in [3.63, 3.8) is 0 Å². The summed E-state index contributed by atoms with van der Waals surface area (Å²) in [6.07, 6.45) is 2.45. The molecule has 2 atom stereocenters. The lowest BCUT2D eigenvalue weighted by Gasteiger charge is -2.41. The van der Waals surface area contributed by atoms with Crippen molar-refractivity contribution in [1.29, 1.82) is 0 Å². The van der Waals surface area contributed by atoms with Crippen molar-refractivity contribution < 1.29 is 14.5 Å². The summed E-state index contributed by atoms with van der Waals surface area (Å²) in [7, 11) is 1.77. The highest BCUT2D eigenvalue weighted by Gasteiger charge is 2.49. The van der Waals surface area contributed by atoms with Crippen LogP contribution >= 0.6 is 11.6 Å². The van der Waals surface area contributed by atoms with Crippen molar-refractivity contribution in [3.05, 3.63) is 51.4 Å². The van der Waals surface area contributed by atoms with Gasteiger partial charge in [-0.05, 0) is 19.3 Å². The Bertz CT molecular complexity index is 1010. The summed E-state index contributed by atoms with van der Waals surface area (Å²) >= 11 is 6.18. The van der Waals surface area contributed by atoms with Crippen LogP contribution in [0.15, 0.2) is 30.3 Å². The number of rotatable bonds is 3. The van der Waals surface area contributed by atoms with Crippen molar-refractivity contribution in [2.45, 2.75) is 43.6 Å². The van der Waals surface area contributed by atoms with Crippen LogP contribution in [0.1, 0.15) is 43.8 Å². The fraction of sp³-hybridized carbons (Fsp3) is 0.400. The molecule has 8 nitrogen and oxygen atoms in total. The molecule has 1 aliphatic heterocycles. The van der Waals surface area contributed by atoms with Gasteiger partial charge in [0, 0.05) is 31.0 Å². The minimum atomic E-state index is -0.655. The number of hydrogen-bond acceptors (Lipinski definition) is 6. The third-order valence-electron chi connectivity index (χ3n) is 6.10. The zero-order chi connectivity index (χ0) is 20.8. The lowest BCUT2D eigenvalue weighted by molar-refractivity contribution is -0.384. The minimum absolute atomic E-state index is 0.0349. The number of halogens is 1. The van der Waals surface area contributed by atoms with Crippen molar-refractivity contribution in [2.75, 3.05) is 7.05 Å². The molecule has 1 saturated carbocycles. The second-order valence-electron chi connectivity index (χ2n) is 7.59. The van der Waals surface area contributed by atoms with Crippen LogP contribution in [-0.4, -0.2) is 44.1 Å². The molecule has 0 N–H and O–H groups in total. The molecule has 2 aromatic rings. The standard InChI is InChI=1S/C20H19ClN4O4/c1-24-15(27)8-10-20(24)9-7-14(26)13(11-20)19-22-16(12-5-3-2-4-6-12)17(25(28)29)18(21)23-19/h2-6,13H,7-11H2,1H3. The molecule has 29 heavy (non-hydrogen) atoms. The maximum Gasteiger partial charge on any atom is 0.332 e. The van der Waals surface area contributed by atoms with E-state index >= 15 is 0 Å². The van der Waals surface area contributed by atoms with Crippen molar-refractivity contribution >= 4 is 29.0 Å². The average molecular weight is 415 g/mol. The van der Waals surface area contributed by atoms with E-state index in [1.54, 1.807) is 42.3 Å². The van der Waals surface area contributed by atoms with Crippen LogP contribution in [0, 0.1) is 10.1 Å². The van der Waals surface area contributed by atoms with E-state index in [2.05, 4.69) is 9.97 Å². The number of nitrogens with zero attached hydrogens (tertiary/aromatic N) is 4. The summed E-state index contributed by atoms with van der Waals surface area (Å²) in [6.45, 7) is 0. The van der Waals surface area contributed by atoms with Gasteiger partial charge in [0.05, 0.1) is 10.8 Å². The molecule has 2 unspecified atom stereocenters. The molecule has 2 fully saturated rings. The second-order valence-corrected chi connectivity index (χ2v) is 7.95. The summed E-state index contributed by atoms with van der Waals surface area (Å²) in [5, 5.41) is 11.3. The number of hydrogen-bond donors (Lipinski definition) is 0. The first-order valence-electron chi connectivity index (χ1n) is 9.39. The molecule has 0 bridgehead atoms. The Labute approximate surface area is 172 Å². The van der Waals surface area contributed by atoms with Gasteiger partial charge in [0.25, 0.3) is 0 Å². The molecule has 2 aliphatic rings. The monoisotopic (exact) mass is 414 g/mol. The van der Waals surface area contributed by atoms with E-state index < -0.39 is 16.4 Å². The first-order chi connectivity index (χ1) is 13.8. The van der Waals surface area contributed by atoms with Gasteiger partial charge in [0.1, 0.15) is 11.6 Å². The van der Waals surface area contributed by atoms with Gasteiger partial charge in [0.2, 0.25) is 11.1 Å². The van der Waals surface area contributed by atoms with E-state index in [9.17, 15) is 19.7 Å². The van der Waals surface area contributed by atoms with E-state index in [-0.39, 0.29) is 34.0 Å². The smallest absolute Gasteiger partial charge is 0.332 e. The normalized spacial score (nSPS) is 24.3. The average Bonchev–Trinajstić information content (AvgIpc) is 2.98. The highest BCUT2D eigenvalue weighted by Crippen LogP contribution is 2.46. The maximum atomic E-state index is 12.7. The minimum Gasteiger partial charge on any atom is -0.340 e. The molecule has 9 heteroatoms. The number of benzene rings is 1. The van der Waals surface area contributed by atoms with E-state index in [0.29, 0.717) is 37.7 Å². The Balaban J connectivity index is 1.80. The van der Waals surface area contributed by atoms with Crippen LogP contribution in [0.5, 0.6) is 0 Å². The summed E-state index contributed by atoms with van der Waals surface area (Å²) in [6, 6.07) is 8.68. The van der Waals surface area contributed by atoms with Gasteiger partial charge in [-0.3, -0.25) is 19.7 Å². The van der Waals surface area contributed by atoms with Crippen LogP contribution in [0.4, 0.5) is 5.69 Å². The Morgan fingerprint density at radius 1 is 1.17 bits per heavy atom. The molecule has 0 radical (unpaired) electrons. The Hall–Kier alpha value is -2.87. The lowest BCUT2D eigenvalue weighted by atomic mass is 9.73. The largest absolute Gasteiger partial charge is 0.340 e. The van der Waals surface area contributed by atoms with Crippen LogP contribution in [0.3, 0.4) is 0 Å². The van der Waals surface area contributed by atoms with E-state index in [1.165, 1.54) is 0 Å². The fourth-order valence-corrected chi connectivity index (χ4v) is 4.64. The van der Waals surface area contributed by atoms with Crippen molar-refractivity contribution in [3.8, 4) is 11.3 Å². The highest BCUT2D eigenvalue weighted by molar-refractivity contribution is 6.32. The molecule has 1 aromatic carbocycles. The molecule has 150 valence electrons. The summed E-state index contributed by atoms with van der Waals surface area (Å²) < 4.78 is 0. The summed E-state index contributed by atoms with van der Waals surface area (Å²) in [5.74, 6) is -0.452. The number of likely N-dealkylation sites (tertiary alicyclic amines) is 1. The van der Waals surface area contributed by atoms with Gasteiger partial charge in [-0.2, -0.15) is 0 Å². The molecule has 1 saturated heterocycles. The van der Waals surface area contributed by atoms with E-state index in [0.717, 1.165) is 0 Å². The number of carbonyl (C=O) groups is 2. The van der Waals surface area contributed by atoms with Crippen LogP contribution in [0.25, 0.3) is 11.3 Å². The van der Waals surface area contributed by atoms with E-state index in [1.807, 2.05) is 0 Å². The van der Waals surface area contributed by atoms with Gasteiger partial charge >= 0.3 is 5.69 Å². The molecule has 4 rings (SSSR count). The van der Waals surface area contributed by atoms with E-state index in [4.69, 9.17) is 11.6 Å². The zero-order valence-corrected chi connectivity index (χ0v) is 16.6. The van der Waals surface area contributed by atoms with Crippen molar-refractivity contribution in [1.82, 2.24) is 14.9 Å². The molecular weight excluding hydrogens is 396 g/mol. The van der Waals surface area contributed by atoms with Crippen LogP contribution in [-0.2, 0) is 9.59 Å². The number of nitro groups is 1. The van der Waals surface area contributed by atoms with Gasteiger partial charge in [-0.25, -0.2) is 9.97 Å². The SMILES string of the molecule is CN1C(=O)CCC12CCC(=O)C(c1nc(Cl)c([N+](=O)[O-])c(-c3ccccc3)n1)C2. The molecule has 1 spiro atoms. The van der Waals surface area contributed by atoms with Gasteiger partial charge in [0.15, 0.2) is 5.69 Å². The number of aromatic nitrogens is 2. The number of Topliss-reactive ketones (excluding diaryl/α,β-unsaturated/α-hetero) is 1. The predicted molar refractivity (Wildman–Crippen MR) is 105 cm³/mol. The van der Waals surface area contributed by atoms with Crippen molar-refractivity contribution in [2.24, 2.45) is 0 Å². The molecule has 1 aromatic heterocycles. The first kappa shape index (κ1) is 19.4. The molecule has 2 heterocycles. The Morgan fingerprint density at radius 3 is 2.48 bits per heavy atom. The van der Waals surface area contributed by atoms with Crippen LogP contribution < -0.4 is 0 Å². The third-order valence-corrected chi connectivity index (χ3v) is 6.36. The fourth-order valence-electron chi connectivity index (χ4n) is 4.39. The molecule has 1 amide bonds. The topological polar surface area (TPSA) is 106 Å². The maximum absolute atomic E-state index is 12.7. The number of carbonyl (C=O) groups excluding carboxylic acids is 2. The zero-order valence-electron chi connectivity index (χ0n) is 15.8. The predicted octanol–water partition coefficient (Wildman–Crippen LogP) is 3.53. The Morgan fingerprint density at radius 2 is 1.86 bits per heavy atom. The Kier molecular flexibility index (Phi) is 4.82. The summed E-state index contributed by atoms with van der Waals surface area (Å²) in [5.41, 5.74) is -0.169. The second kappa shape index (κ2) is 7.18. The first-order valence-corrected chi connectivity index (χ1v) is 9.77. The number of amides is 1. The lowest BCUT2D eigenvalue weighted by Crippen LogP contribution is -2.48.